The second-order valence-electron chi connectivity index (χ2n) is 6.61. The summed E-state index contributed by atoms with van der Waals surface area (Å²) < 4.78 is 1.41. The first-order valence-corrected chi connectivity index (χ1v) is 9.97. The summed E-state index contributed by atoms with van der Waals surface area (Å²) in [4.78, 5) is 31.1. The van der Waals surface area contributed by atoms with Crippen molar-refractivity contribution >= 4 is 28.6 Å². The Labute approximate surface area is 165 Å². The number of nitrogens with one attached hydrogen (secondary N) is 1. The molecule has 1 fully saturated rings. The quantitative estimate of drug-likeness (QED) is 0.708. The van der Waals surface area contributed by atoms with Crippen molar-refractivity contribution in [2.75, 3.05) is 23.3 Å². The van der Waals surface area contributed by atoms with Crippen LogP contribution in [-0.4, -0.2) is 39.8 Å². The van der Waals surface area contributed by atoms with E-state index in [1.54, 1.807) is 23.7 Å². The molecule has 2 N–H and O–H groups in total. The van der Waals surface area contributed by atoms with E-state index < -0.39 is 0 Å². The maximum Gasteiger partial charge on any atom is 0.275 e. The molecule has 0 radical (unpaired) electrons. The molecule has 8 heteroatoms. The minimum absolute atomic E-state index is 0.193. The van der Waals surface area contributed by atoms with Crippen LogP contribution < -0.4 is 15.8 Å². The van der Waals surface area contributed by atoms with Crippen molar-refractivity contribution in [1.82, 2.24) is 9.55 Å². The van der Waals surface area contributed by atoms with Gasteiger partial charge in [-0.3, -0.25) is 14.2 Å². The molecule has 4 rings (SSSR count). The van der Waals surface area contributed by atoms with Crippen LogP contribution in [0.25, 0.3) is 5.13 Å². The van der Waals surface area contributed by atoms with Crippen LogP contribution in [-0.2, 0) is 0 Å². The molecular weight excluding hydrogens is 376 g/mol. The van der Waals surface area contributed by atoms with Gasteiger partial charge in [0.2, 0.25) is 0 Å². The first kappa shape index (κ1) is 18.4. The van der Waals surface area contributed by atoms with E-state index in [9.17, 15) is 14.7 Å². The number of para-hydroxylation sites is 2. The fraction of sp³-hybridized carbons (Fsp3) is 0.250. The molecule has 1 aliphatic heterocycles. The van der Waals surface area contributed by atoms with Crippen LogP contribution in [0.15, 0.2) is 58.8 Å². The van der Waals surface area contributed by atoms with Gasteiger partial charge in [0.25, 0.3) is 11.5 Å². The third-order valence-corrected chi connectivity index (χ3v) is 5.55. The standard InChI is InChI=1S/C20H20N4O3S/c25-14-8-11-23(12-9-14)17-6-2-1-5-15(17)21-19(27)16-13-28-20(22-16)24-10-4-3-7-18(24)26/h1-7,10,13-14,25H,8-9,11-12H2,(H,21,27). The van der Waals surface area contributed by atoms with Gasteiger partial charge in [0.1, 0.15) is 5.69 Å². The second-order valence-corrected chi connectivity index (χ2v) is 7.45. The first-order chi connectivity index (χ1) is 13.6. The predicted octanol–water partition coefficient (Wildman–Crippen LogP) is 2.51. The molecule has 0 bridgehead atoms. The van der Waals surface area contributed by atoms with Crippen molar-refractivity contribution in [3.05, 3.63) is 70.1 Å². The molecule has 1 aliphatic rings. The van der Waals surface area contributed by atoms with Gasteiger partial charge >= 0.3 is 0 Å². The number of rotatable bonds is 4. The molecule has 0 aliphatic carbocycles. The molecule has 0 saturated carbocycles. The summed E-state index contributed by atoms with van der Waals surface area (Å²) >= 11 is 1.24. The van der Waals surface area contributed by atoms with Crippen LogP contribution in [0.4, 0.5) is 11.4 Å². The van der Waals surface area contributed by atoms with Gasteiger partial charge in [0.05, 0.1) is 17.5 Å². The number of pyridine rings is 1. The molecule has 0 spiro atoms. The van der Waals surface area contributed by atoms with Crippen LogP contribution in [0.1, 0.15) is 23.3 Å². The Bertz CT molecular complexity index is 1040. The molecule has 3 heterocycles. The third kappa shape index (κ3) is 3.83. The topological polar surface area (TPSA) is 87.5 Å². The van der Waals surface area contributed by atoms with Gasteiger partial charge in [0.15, 0.2) is 5.13 Å². The molecule has 1 aromatic carbocycles. The van der Waals surface area contributed by atoms with Gasteiger partial charge in [-0.25, -0.2) is 4.98 Å². The summed E-state index contributed by atoms with van der Waals surface area (Å²) in [7, 11) is 0. The number of hydrogen-bond donors (Lipinski definition) is 2. The summed E-state index contributed by atoms with van der Waals surface area (Å²) in [6, 6.07) is 12.5. The Morgan fingerprint density at radius 1 is 1.14 bits per heavy atom. The average molecular weight is 396 g/mol. The highest BCUT2D eigenvalue weighted by molar-refractivity contribution is 7.12. The molecule has 1 amide bonds. The zero-order valence-corrected chi connectivity index (χ0v) is 15.9. The Hall–Kier alpha value is -2.97. The molecule has 0 unspecified atom stereocenters. The molecule has 144 valence electrons. The van der Waals surface area contributed by atoms with Crippen LogP contribution in [0.5, 0.6) is 0 Å². The lowest BCUT2D eigenvalue weighted by molar-refractivity contribution is 0.102. The molecule has 2 aromatic heterocycles. The van der Waals surface area contributed by atoms with Gasteiger partial charge in [-0.1, -0.05) is 18.2 Å². The predicted molar refractivity (Wildman–Crippen MR) is 110 cm³/mol. The minimum Gasteiger partial charge on any atom is -0.393 e. The van der Waals surface area contributed by atoms with Crippen molar-refractivity contribution in [2.24, 2.45) is 0 Å². The average Bonchev–Trinajstić information content (AvgIpc) is 3.20. The fourth-order valence-corrected chi connectivity index (χ4v) is 4.01. The largest absolute Gasteiger partial charge is 0.393 e. The summed E-state index contributed by atoms with van der Waals surface area (Å²) in [6.45, 7) is 1.48. The Balaban J connectivity index is 1.54. The van der Waals surface area contributed by atoms with Gasteiger partial charge in [-0.15, -0.1) is 11.3 Å². The molecule has 1 saturated heterocycles. The fourth-order valence-electron chi connectivity index (χ4n) is 3.21. The number of nitrogens with zero attached hydrogens (tertiary/aromatic N) is 3. The maximum atomic E-state index is 12.7. The normalized spacial score (nSPS) is 14.8. The van der Waals surface area contributed by atoms with E-state index in [0.717, 1.165) is 18.8 Å². The summed E-state index contributed by atoms with van der Waals surface area (Å²) in [5, 5.41) is 14.7. The number of piperidine rings is 1. The summed E-state index contributed by atoms with van der Waals surface area (Å²) in [5.74, 6) is -0.323. The second kappa shape index (κ2) is 7.95. The smallest absolute Gasteiger partial charge is 0.275 e. The van der Waals surface area contributed by atoms with E-state index >= 15 is 0 Å². The zero-order valence-electron chi connectivity index (χ0n) is 15.1. The number of hydrogen-bond acceptors (Lipinski definition) is 6. The molecule has 28 heavy (non-hydrogen) atoms. The van der Waals surface area contributed by atoms with Crippen molar-refractivity contribution in [3.8, 4) is 5.13 Å². The highest BCUT2D eigenvalue weighted by atomic mass is 32.1. The lowest BCUT2D eigenvalue weighted by Gasteiger charge is -2.32. The SMILES string of the molecule is O=C(Nc1ccccc1N1CCC(O)CC1)c1csc(-n2ccccc2=O)n1. The summed E-state index contributed by atoms with van der Waals surface area (Å²) in [6.07, 6.45) is 2.79. The lowest BCUT2D eigenvalue weighted by atomic mass is 10.1. The van der Waals surface area contributed by atoms with Crippen molar-refractivity contribution in [3.63, 3.8) is 0 Å². The number of anilines is 2. The van der Waals surface area contributed by atoms with Crippen molar-refractivity contribution < 1.29 is 9.90 Å². The number of thiazole rings is 1. The van der Waals surface area contributed by atoms with Crippen molar-refractivity contribution in [1.29, 1.82) is 0 Å². The lowest BCUT2D eigenvalue weighted by Crippen LogP contribution is -2.36. The van der Waals surface area contributed by atoms with Crippen molar-refractivity contribution in [2.45, 2.75) is 18.9 Å². The van der Waals surface area contributed by atoms with Crippen LogP contribution in [0, 0.1) is 0 Å². The third-order valence-electron chi connectivity index (χ3n) is 4.71. The molecule has 3 aromatic rings. The first-order valence-electron chi connectivity index (χ1n) is 9.09. The number of aliphatic hydroxyl groups excluding tert-OH is 1. The summed E-state index contributed by atoms with van der Waals surface area (Å²) in [5.41, 5.74) is 1.70. The highest BCUT2D eigenvalue weighted by Gasteiger charge is 2.20. The van der Waals surface area contributed by atoms with Crippen LogP contribution in [0.2, 0.25) is 0 Å². The maximum absolute atomic E-state index is 12.7. The van der Waals surface area contributed by atoms with E-state index in [2.05, 4.69) is 15.2 Å². The van der Waals surface area contributed by atoms with Gasteiger partial charge in [-0.2, -0.15) is 0 Å². The van der Waals surface area contributed by atoms with E-state index in [0.29, 0.717) is 23.7 Å². The van der Waals surface area contributed by atoms with Gasteiger partial charge in [-0.05, 0) is 31.0 Å². The van der Waals surface area contributed by atoms with Gasteiger partial charge in [0, 0.05) is 30.7 Å². The minimum atomic E-state index is -0.323. The molecule has 7 nitrogen and oxygen atoms in total. The Morgan fingerprint density at radius 3 is 2.68 bits per heavy atom. The number of carbonyl (C=O) groups excluding carboxylic acids is 1. The van der Waals surface area contributed by atoms with E-state index in [1.807, 2.05) is 24.3 Å². The highest BCUT2D eigenvalue weighted by Crippen LogP contribution is 2.29. The zero-order chi connectivity index (χ0) is 19.5. The van der Waals surface area contributed by atoms with Crippen LogP contribution >= 0.6 is 11.3 Å². The molecule has 0 atom stereocenters. The Morgan fingerprint density at radius 2 is 1.89 bits per heavy atom. The molecular formula is C20H20N4O3S. The Kier molecular flexibility index (Phi) is 5.23. The van der Waals surface area contributed by atoms with E-state index in [1.165, 1.54) is 22.0 Å². The number of aromatic nitrogens is 2. The number of carbonyl (C=O) groups is 1. The number of benzene rings is 1. The number of amides is 1. The van der Waals surface area contributed by atoms with E-state index in [-0.39, 0.29) is 23.3 Å². The monoisotopic (exact) mass is 396 g/mol. The van der Waals surface area contributed by atoms with E-state index in [4.69, 9.17) is 0 Å². The van der Waals surface area contributed by atoms with Crippen LogP contribution in [0.3, 0.4) is 0 Å². The van der Waals surface area contributed by atoms with Gasteiger partial charge < -0.3 is 15.3 Å². The number of aliphatic hydroxyl groups is 1.